The average molecular weight is 265 g/mol. The molecule has 0 fully saturated rings. The normalized spacial score (nSPS) is 13.5. The average Bonchev–Trinajstić information content (AvgIpc) is 2.34. The van der Waals surface area contributed by atoms with Gasteiger partial charge in [-0.15, -0.1) is 0 Å². The maximum absolute atomic E-state index is 9.32. The topological polar surface area (TPSA) is 41.5 Å². The van der Waals surface area contributed by atoms with E-state index < -0.39 is 0 Å². The molecule has 0 saturated heterocycles. The molecule has 0 aliphatic carbocycles. The number of phenolic OH excluding ortho intramolecular Hbond substituents is 1. The Balaban J connectivity index is 2.57. The molecule has 1 atom stereocenters. The van der Waals surface area contributed by atoms with Crippen LogP contribution in [-0.2, 0) is 11.2 Å². The van der Waals surface area contributed by atoms with Crippen LogP contribution in [0.25, 0.3) is 0 Å². The van der Waals surface area contributed by atoms with Crippen LogP contribution in [0.15, 0.2) is 24.3 Å². The molecule has 1 aromatic rings. The molecule has 0 aliphatic rings. The Morgan fingerprint density at radius 3 is 2.37 bits per heavy atom. The second kappa shape index (κ2) is 7.51. The lowest BCUT2D eigenvalue weighted by Crippen LogP contribution is -2.34. The van der Waals surface area contributed by atoms with Crippen molar-refractivity contribution in [1.29, 1.82) is 0 Å². The van der Waals surface area contributed by atoms with E-state index in [1.807, 2.05) is 12.1 Å². The highest BCUT2D eigenvalue weighted by molar-refractivity contribution is 5.26. The summed E-state index contributed by atoms with van der Waals surface area (Å²) in [5.74, 6) is 0.878. The Labute approximate surface area is 117 Å². The van der Waals surface area contributed by atoms with E-state index in [1.165, 1.54) is 5.56 Å². The SMILES string of the molecule is COCCNCC(Cc1ccc(O)cc1)C(C)(C)C. The van der Waals surface area contributed by atoms with Gasteiger partial charge < -0.3 is 15.2 Å². The van der Waals surface area contributed by atoms with E-state index in [2.05, 4.69) is 26.1 Å². The predicted octanol–water partition coefficient (Wildman–Crippen LogP) is 2.83. The van der Waals surface area contributed by atoms with Gasteiger partial charge in [0.2, 0.25) is 0 Å². The molecule has 0 aromatic heterocycles. The smallest absolute Gasteiger partial charge is 0.115 e. The lowest BCUT2D eigenvalue weighted by molar-refractivity contribution is 0.186. The van der Waals surface area contributed by atoms with Crippen molar-refractivity contribution in [3.8, 4) is 5.75 Å². The molecule has 0 spiro atoms. The van der Waals surface area contributed by atoms with E-state index in [9.17, 15) is 5.11 Å². The van der Waals surface area contributed by atoms with Gasteiger partial charge in [-0.25, -0.2) is 0 Å². The van der Waals surface area contributed by atoms with Crippen molar-refractivity contribution >= 4 is 0 Å². The largest absolute Gasteiger partial charge is 0.508 e. The first kappa shape index (κ1) is 16.0. The highest BCUT2D eigenvalue weighted by atomic mass is 16.5. The number of methoxy groups -OCH3 is 1. The number of nitrogens with one attached hydrogen (secondary N) is 1. The molecule has 1 unspecified atom stereocenters. The minimum atomic E-state index is 0.248. The van der Waals surface area contributed by atoms with E-state index in [0.717, 1.165) is 26.1 Å². The van der Waals surface area contributed by atoms with Gasteiger partial charge in [0.1, 0.15) is 5.75 Å². The van der Waals surface area contributed by atoms with Crippen molar-refractivity contribution in [2.24, 2.45) is 11.3 Å². The second-order valence-corrected chi connectivity index (χ2v) is 6.13. The minimum absolute atomic E-state index is 0.248. The van der Waals surface area contributed by atoms with Gasteiger partial charge in [-0.3, -0.25) is 0 Å². The fourth-order valence-corrected chi connectivity index (χ4v) is 2.05. The molecule has 19 heavy (non-hydrogen) atoms. The maximum atomic E-state index is 9.32. The van der Waals surface area contributed by atoms with Crippen LogP contribution in [0.4, 0.5) is 0 Å². The van der Waals surface area contributed by atoms with Gasteiger partial charge in [-0.2, -0.15) is 0 Å². The Hall–Kier alpha value is -1.06. The van der Waals surface area contributed by atoms with Crippen molar-refractivity contribution in [2.75, 3.05) is 26.8 Å². The molecule has 3 nitrogen and oxygen atoms in total. The number of benzene rings is 1. The molecule has 0 radical (unpaired) electrons. The van der Waals surface area contributed by atoms with Crippen molar-refractivity contribution in [3.63, 3.8) is 0 Å². The van der Waals surface area contributed by atoms with Gasteiger partial charge in [0.25, 0.3) is 0 Å². The van der Waals surface area contributed by atoms with E-state index in [1.54, 1.807) is 19.2 Å². The highest BCUT2D eigenvalue weighted by Crippen LogP contribution is 2.29. The Morgan fingerprint density at radius 2 is 1.84 bits per heavy atom. The number of hydrogen-bond donors (Lipinski definition) is 2. The fourth-order valence-electron chi connectivity index (χ4n) is 2.05. The molecule has 0 bridgehead atoms. The fraction of sp³-hybridized carbons (Fsp3) is 0.625. The van der Waals surface area contributed by atoms with Crippen LogP contribution in [0, 0.1) is 11.3 Å². The number of phenols is 1. The van der Waals surface area contributed by atoms with E-state index in [4.69, 9.17) is 4.74 Å². The van der Waals surface area contributed by atoms with Crippen molar-refractivity contribution < 1.29 is 9.84 Å². The van der Waals surface area contributed by atoms with Crippen molar-refractivity contribution in [3.05, 3.63) is 29.8 Å². The summed E-state index contributed by atoms with van der Waals surface area (Å²) in [7, 11) is 1.72. The number of hydrogen-bond acceptors (Lipinski definition) is 3. The zero-order chi connectivity index (χ0) is 14.3. The lowest BCUT2D eigenvalue weighted by atomic mass is 9.77. The van der Waals surface area contributed by atoms with Crippen LogP contribution in [0.1, 0.15) is 26.3 Å². The number of aromatic hydroxyl groups is 1. The summed E-state index contributed by atoms with van der Waals surface area (Å²) in [4.78, 5) is 0. The first-order valence-corrected chi connectivity index (χ1v) is 6.91. The first-order valence-electron chi connectivity index (χ1n) is 6.91. The summed E-state index contributed by atoms with van der Waals surface area (Å²) in [5.41, 5.74) is 1.52. The summed E-state index contributed by atoms with van der Waals surface area (Å²) < 4.78 is 5.05. The Bertz CT molecular complexity index is 354. The molecule has 108 valence electrons. The minimum Gasteiger partial charge on any atom is -0.508 e. The quantitative estimate of drug-likeness (QED) is 0.745. The molecule has 2 N–H and O–H groups in total. The van der Waals surface area contributed by atoms with E-state index in [0.29, 0.717) is 11.7 Å². The third-order valence-electron chi connectivity index (χ3n) is 3.52. The Kier molecular flexibility index (Phi) is 6.32. The van der Waals surface area contributed by atoms with Gasteiger partial charge in [0.05, 0.1) is 6.61 Å². The first-order chi connectivity index (χ1) is 8.93. The van der Waals surface area contributed by atoms with E-state index in [-0.39, 0.29) is 5.41 Å². The maximum Gasteiger partial charge on any atom is 0.115 e. The standard InChI is InChI=1S/C16H27NO2/c1-16(2,3)14(12-17-9-10-19-4)11-13-5-7-15(18)8-6-13/h5-8,14,17-18H,9-12H2,1-4H3. The summed E-state index contributed by atoms with van der Waals surface area (Å²) in [5, 5.41) is 12.8. The lowest BCUT2D eigenvalue weighted by Gasteiger charge is -2.31. The monoisotopic (exact) mass is 265 g/mol. The van der Waals surface area contributed by atoms with Gasteiger partial charge in [-0.1, -0.05) is 32.9 Å². The van der Waals surface area contributed by atoms with Crippen molar-refractivity contribution in [1.82, 2.24) is 5.32 Å². The third kappa shape index (κ3) is 6.08. The Morgan fingerprint density at radius 1 is 1.21 bits per heavy atom. The molecule has 0 amide bonds. The molecular weight excluding hydrogens is 238 g/mol. The summed E-state index contributed by atoms with van der Waals surface area (Å²) in [6.07, 6.45) is 1.02. The molecular formula is C16H27NO2. The van der Waals surface area contributed by atoms with Gasteiger partial charge >= 0.3 is 0 Å². The molecule has 3 heteroatoms. The van der Waals surface area contributed by atoms with Crippen LogP contribution in [-0.4, -0.2) is 31.9 Å². The van der Waals surface area contributed by atoms with Crippen LogP contribution >= 0.6 is 0 Å². The van der Waals surface area contributed by atoms with Crippen LogP contribution in [0.2, 0.25) is 0 Å². The van der Waals surface area contributed by atoms with Crippen molar-refractivity contribution in [2.45, 2.75) is 27.2 Å². The highest BCUT2D eigenvalue weighted by Gasteiger charge is 2.24. The number of rotatable bonds is 7. The second-order valence-electron chi connectivity index (χ2n) is 6.13. The molecule has 0 aliphatic heterocycles. The zero-order valence-corrected chi connectivity index (χ0v) is 12.6. The molecule has 0 saturated carbocycles. The van der Waals surface area contributed by atoms with Crippen LogP contribution < -0.4 is 5.32 Å². The van der Waals surface area contributed by atoms with Gasteiger partial charge in [0.15, 0.2) is 0 Å². The van der Waals surface area contributed by atoms with E-state index >= 15 is 0 Å². The summed E-state index contributed by atoms with van der Waals surface area (Å²) >= 11 is 0. The van der Waals surface area contributed by atoms with Gasteiger partial charge in [0, 0.05) is 13.7 Å². The van der Waals surface area contributed by atoms with Gasteiger partial charge in [-0.05, 0) is 42.0 Å². The molecule has 1 aromatic carbocycles. The zero-order valence-electron chi connectivity index (χ0n) is 12.6. The number of ether oxygens (including phenoxy) is 1. The molecule has 0 heterocycles. The molecule has 1 rings (SSSR count). The third-order valence-corrected chi connectivity index (χ3v) is 3.52. The van der Waals surface area contributed by atoms with Crippen LogP contribution in [0.3, 0.4) is 0 Å². The summed E-state index contributed by atoms with van der Waals surface area (Å²) in [6.45, 7) is 9.44. The summed E-state index contributed by atoms with van der Waals surface area (Å²) in [6, 6.07) is 7.52. The predicted molar refractivity (Wildman–Crippen MR) is 79.5 cm³/mol. The van der Waals surface area contributed by atoms with Crippen LogP contribution in [0.5, 0.6) is 5.75 Å².